The molecule has 0 heterocycles. The van der Waals surface area contributed by atoms with Crippen LogP contribution in [0.5, 0.6) is 17.2 Å². The van der Waals surface area contributed by atoms with Gasteiger partial charge in [0.1, 0.15) is 23.4 Å². The monoisotopic (exact) mass is 570 g/mol. The summed E-state index contributed by atoms with van der Waals surface area (Å²) in [4.78, 5) is 24.5. The Balaban J connectivity index is 1.32. The van der Waals surface area contributed by atoms with Crippen molar-refractivity contribution in [2.45, 2.75) is 110 Å². The summed E-state index contributed by atoms with van der Waals surface area (Å²) in [5.41, 5.74) is 0.460. The van der Waals surface area contributed by atoms with Crippen molar-refractivity contribution in [3.8, 4) is 17.2 Å². The summed E-state index contributed by atoms with van der Waals surface area (Å²) >= 11 is 0. The average Bonchev–Trinajstić information content (AvgIpc) is 3.00. The number of carbonyl (C=O) groups is 2. The fraction of sp³-hybridized carbons (Fsp3) is 0.588. The van der Waals surface area contributed by atoms with Crippen LogP contribution in [-0.4, -0.2) is 37.4 Å². The van der Waals surface area contributed by atoms with Gasteiger partial charge in [-0.2, -0.15) is 0 Å². The van der Waals surface area contributed by atoms with Gasteiger partial charge < -0.3 is 18.9 Å². The average molecular weight is 571 g/mol. The lowest BCUT2D eigenvalue weighted by Crippen LogP contribution is -2.30. The Bertz CT molecular complexity index is 1010. The first-order chi connectivity index (χ1) is 20.0. The molecule has 0 aliphatic heterocycles. The molecule has 6 nitrogen and oxygen atoms in total. The third kappa shape index (κ3) is 12.1. The maximum absolute atomic E-state index is 13.9. The van der Waals surface area contributed by atoms with Crippen LogP contribution in [0.3, 0.4) is 0 Å². The highest BCUT2D eigenvalue weighted by Gasteiger charge is 2.27. The zero-order valence-electron chi connectivity index (χ0n) is 24.8. The number of hydrogen-bond acceptors (Lipinski definition) is 6. The number of esters is 2. The van der Waals surface area contributed by atoms with Crippen molar-refractivity contribution in [2.24, 2.45) is 5.92 Å². The zero-order valence-corrected chi connectivity index (χ0v) is 24.8. The van der Waals surface area contributed by atoms with Gasteiger partial charge in [-0.25, -0.2) is 14.0 Å². The smallest absolute Gasteiger partial charge is 0.343 e. The predicted octanol–water partition coefficient (Wildman–Crippen LogP) is 8.65. The molecule has 0 bridgehead atoms. The van der Waals surface area contributed by atoms with Crippen molar-refractivity contribution in [1.29, 1.82) is 0 Å². The second-order valence-corrected chi connectivity index (χ2v) is 11.0. The number of carbonyl (C=O) groups excluding carboxylic acids is 2. The molecule has 1 aliphatic carbocycles. The van der Waals surface area contributed by atoms with Crippen LogP contribution < -0.4 is 14.2 Å². The van der Waals surface area contributed by atoms with E-state index >= 15 is 0 Å². The van der Waals surface area contributed by atoms with E-state index in [0.717, 1.165) is 44.3 Å². The molecule has 0 saturated heterocycles. The number of hydrogen-bond donors (Lipinski definition) is 0. The molecule has 0 spiro atoms. The van der Waals surface area contributed by atoms with Gasteiger partial charge in [-0.3, -0.25) is 0 Å². The Morgan fingerprint density at radius 3 is 2.02 bits per heavy atom. The summed E-state index contributed by atoms with van der Waals surface area (Å²) in [6.45, 7) is 5.42. The van der Waals surface area contributed by atoms with E-state index in [1.807, 2.05) is 6.92 Å². The summed E-state index contributed by atoms with van der Waals surface area (Å²) in [6.07, 6.45) is 10.5. The summed E-state index contributed by atoms with van der Waals surface area (Å²) in [5.74, 6) is 1.09. The molecule has 1 saturated carbocycles. The Kier molecular flexibility index (Phi) is 14.5. The lowest BCUT2D eigenvalue weighted by Gasteiger charge is -2.28. The van der Waals surface area contributed by atoms with E-state index in [1.165, 1.54) is 32.1 Å². The Morgan fingerprint density at radius 1 is 0.756 bits per heavy atom. The van der Waals surface area contributed by atoms with Crippen LogP contribution in [0.2, 0.25) is 0 Å². The summed E-state index contributed by atoms with van der Waals surface area (Å²) in [5, 5.41) is 0. The SMILES string of the molecule is CCCCCCCCOc1ccc(C(=O)Oc2ccc(OCC3CCC(OC(=O)[C@@H](F)CCCC)CC3)cc2)cc1. The molecule has 0 amide bonds. The lowest BCUT2D eigenvalue weighted by atomic mass is 9.88. The van der Waals surface area contributed by atoms with Gasteiger partial charge in [-0.15, -0.1) is 0 Å². The largest absolute Gasteiger partial charge is 0.494 e. The third-order valence-electron chi connectivity index (χ3n) is 7.52. The first-order valence-electron chi connectivity index (χ1n) is 15.5. The maximum atomic E-state index is 13.9. The Hall–Kier alpha value is -3.09. The minimum Gasteiger partial charge on any atom is -0.494 e. The first kappa shape index (κ1) is 32.4. The van der Waals surface area contributed by atoms with Crippen LogP contribution in [0, 0.1) is 5.92 Å². The molecular formula is C34H47FO6. The van der Waals surface area contributed by atoms with E-state index in [-0.39, 0.29) is 12.5 Å². The number of ether oxygens (including phenoxy) is 4. The van der Waals surface area contributed by atoms with Gasteiger partial charge in [0.05, 0.1) is 18.8 Å². The van der Waals surface area contributed by atoms with E-state index in [0.29, 0.717) is 42.6 Å². The van der Waals surface area contributed by atoms with E-state index in [2.05, 4.69) is 6.92 Å². The van der Waals surface area contributed by atoms with Gasteiger partial charge in [-0.1, -0.05) is 58.8 Å². The van der Waals surface area contributed by atoms with Crippen LogP contribution in [0.25, 0.3) is 0 Å². The van der Waals surface area contributed by atoms with Gasteiger partial charge in [0.15, 0.2) is 6.17 Å². The molecule has 2 aromatic carbocycles. The molecular weight excluding hydrogens is 523 g/mol. The van der Waals surface area contributed by atoms with Crippen molar-refractivity contribution in [1.82, 2.24) is 0 Å². The topological polar surface area (TPSA) is 71.1 Å². The Labute approximate surface area is 244 Å². The molecule has 226 valence electrons. The standard InChI is InChI=1S/C34H47FO6/c1-3-5-7-8-9-10-24-38-28-18-14-27(15-19-28)33(36)40-31-22-20-29(21-23-31)39-25-26-12-16-30(17-13-26)41-34(37)32(35)11-6-4-2/h14-15,18-23,26,30,32H,3-13,16-17,24-25H2,1-2H3/t26?,30?,32-/m0/s1. The van der Waals surface area contributed by atoms with E-state index in [4.69, 9.17) is 18.9 Å². The van der Waals surface area contributed by atoms with Crippen LogP contribution in [0.1, 0.15) is 108 Å². The van der Waals surface area contributed by atoms with Gasteiger partial charge in [0.2, 0.25) is 0 Å². The highest BCUT2D eigenvalue weighted by Crippen LogP contribution is 2.28. The number of rotatable bonds is 18. The lowest BCUT2D eigenvalue weighted by molar-refractivity contribution is -0.157. The molecule has 2 aromatic rings. The van der Waals surface area contributed by atoms with E-state index < -0.39 is 18.1 Å². The van der Waals surface area contributed by atoms with Crippen LogP contribution in [0.4, 0.5) is 4.39 Å². The van der Waals surface area contributed by atoms with Crippen molar-refractivity contribution in [3.63, 3.8) is 0 Å². The van der Waals surface area contributed by atoms with E-state index in [1.54, 1.807) is 48.5 Å². The van der Waals surface area contributed by atoms with Gasteiger partial charge in [0.25, 0.3) is 0 Å². The number of halogens is 1. The molecule has 7 heteroatoms. The molecule has 0 aromatic heterocycles. The number of benzene rings is 2. The fourth-order valence-corrected chi connectivity index (χ4v) is 4.90. The van der Waals surface area contributed by atoms with Gasteiger partial charge in [-0.05, 0) is 93.0 Å². The number of unbranched alkanes of at least 4 members (excludes halogenated alkanes) is 6. The Morgan fingerprint density at radius 2 is 1.34 bits per heavy atom. The minimum absolute atomic E-state index is 0.207. The van der Waals surface area contributed by atoms with Crippen molar-refractivity contribution in [2.75, 3.05) is 13.2 Å². The maximum Gasteiger partial charge on any atom is 0.343 e. The van der Waals surface area contributed by atoms with Gasteiger partial charge >= 0.3 is 11.9 Å². The molecule has 1 fully saturated rings. The molecule has 41 heavy (non-hydrogen) atoms. The minimum atomic E-state index is -1.52. The summed E-state index contributed by atoms with van der Waals surface area (Å²) in [7, 11) is 0. The molecule has 0 unspecified atom stereocenters. The second kappa shape index (κ2) is 18.4. The first-order valence-corrected chi connectivity index (χ1v) is 15.5. The number of alkyl halides is 1. The van der Waals surface area contributed by atoms with Gasteiger partial charge in [0, 0.05) is 0 Å². The third-order valence-corrected chi connectivity index (χ3v) is 7.52. The fourth-order valence-electron chi connectivity index (χ4n) is 4.90. The van der Waals surface area contributed by atoms with Crippen molar-refractivity contribution in [3.05, 3.63) is 54.1 Å². The van der Waals surface area contributed by atoms with Crippen molar-refractivity contribution >= 4 is 11.9 Å². The normalized spacial score (nSPS) is 17.4. The highest BCUT2D eigenvalue weighted by molar-refractivity contribution is 5.91. The quantitative estimate of drug-likeness (QED) is 0.101. The van der Waals surface area contributed by atoms with Crippen LogP contribution in [0.15, 0.2) is 48.5 Å². The van der Waals surface area contributed by atoms with Crippen LogP contribution >= 0.6 is 0 Å². The summed E-state index contributed by atoms with van der Waals surface area (Å²) in [6, 6.07) is 14.0. The summed E-state index contributed by atoms with van der Waals surface area (Å²) < 4.78 is 36.5. The molecule has 1 atom stereocenters. The van der Waals surface area contributed by atoms with Crippen LogP contribution in [-0.2, 0) is 9.53 Å². The van der Waals surface area contributed by atoms with E-state index in [9.17, 15) is 14.0 Å². The zero-order chi connectivity index (χ0) is 29.3. The predicted molar refractivity (Wildman–Crippen MR) is 158 cm³/mol. The molecule has 0 radical (unpaired) electrons. The van der Waals surface area contributed by atoms with Crippen molar-refractivity contribution < 1.29 is 32.9 Å². The second-order valence-electron chi connectivity index (χ2n) is 11.0. The molecule has 1 aliphatic rings. The highest BCUT2D eigenvalue weighted by atomic mass is 19.1. The molecule has 0 N–H and O–H groups in total. The molecule has 3 rings (SSSR count).